The third kappa shape index (κ3) is 3.16. The van der Waals surface area contributed by atoms with Gasteiger partial charge >= 0.3 is 0 Å². The first-order valence-electron chi connectivity index (χ1n) is 8.75. The summed E-state index contributed by atoms with van der Waals surface area (Å²) in [4.78, 5) is 21.3. The van der Waals surface area contributed by atoms with E-state index in [1.165, 1.54) is 16.9 Å². The van der Waals surface area contributed by atoms with Gasteiger partial charge in [-0.05, 0) is 19.4 Å². The highest BCUT2D eigenvalue weighted by atomic mass is 19.1. The van der Waals surface area contributed by atoms with Gasteiger partial charge < -0.3 is 15.4 Å². The lowest BCUT2D eigenvalue weighted by molar-refractivity contribution is 0.0920. The second kappa shape index (κ2) is 6.82. The van der Waals surface area contributed by atoms with Gasteiger partial charge in [0.2, 0.25) is 5.88 Å². The standard InChI is InChI=1S/C18H19FN6O2/c1-3-11-9-27-18-12(5-4-6-20-18)10(2)22-15-14(19)8-25-16(24-15)13(7-21-25)17(26)23-11/h4-8,10-11H,3,9H2,1-2H3,(H,22,24)(H,23,26)/t10-,11?/m1/s1. The summed E-state index contributed by atoms with van der Waals surface area (Å²) in [5.74, 6) is -0.435. The largest absolute Gasteiger partial charge is 0.475 e. The van der Waals surface area contributed by atoms with Crippen LogP contribution in [-0.2, 0) is 0 Å². The Kier molecular flexibility index (Phi) is 4.35. The van der Waals surface area contributed by atoms with E-state index in [0.717, 1.165) is 5.56 Å². The third-order valence-electron chi connectivity index (χ3n) is 4.56. The number of carbonyl (C=O) groups excluding carboxylic acids is 1. The highest BCUT2D eigenvalue weighted by Gasteiger charge is 2.23. The fourth-order valence-corrected chi connectivity index (χ4v) is 2.99. The zero-order chi connectivity index (χ0) is 19.0. The monoisotopic (exact) mass is 370 g/mol. The van der Waals surface area contributed by atoms with Gasteiger partial charge in [-0.3, -0.25) is 4.79 Å². The second-order valence-electron chi connectivity index (χ2n) is 6.42. The Labute approximate surface area is 154 Å². The summed E-state index contributed by atoms with van der Waals surface area (Å²) < 4.78 is 21.6. The van der Waals surface area contributed by atoms with E-state index < -0.39 is 5.82 Å². The van der Waals surface area contributed by atoms with Crippen molar-refractivity contribution in [2.24, 2.45) is 0 Å². The van der Waals surface area contributed by atoms with Gasteiger partial charge in [-0.2, -0.15) is 5.10 Å². The van der Waals surface area contributed by atoms with Gasteiger partial charge in [0.05, 0.1) is 24.5 Å². The molecule has 8 nitrogen and oxygen atoms in total. The highest BCUT2D eigenvalue weighted by molar-refractivity contribution is 5.99. The predicted molar refractivity (Wildman–Crippen MR) is 96.3 cm³/mol. The number of rotatable bonds is 1. The molecule has 2 atom stereocenters. The summed E-state index contributed by atoms with van der Waals surface area (Å²) in [6.45, 7) is 4.09. The Bertz CT molecular complexity index is 1000. The summed E-state index contributed by atoms with van der Waals surface area (Å²) in [5, 5.41) is 9.99. The van der Waals surface area contributed by atoms with Gasteiger partial charge in [0.25, 0.3) is 5.91 Å². The van der Waals surface area contributed by atoms with Gasteiger partial charge in [0.1, 0.15) is 12.2 Å². The van der Waals surface area contributed by atoms with Gasteiger partial charge in [-0.25, -0.2) is 18.9 Å². The van der Waals surface area contributed by atoms with Crippen molar-refractivity contribution in [2.45, 2.75) is 32.4 Å². The number of pyridine rings is 1. The Morgan fingerprint density at radius 3 is 3.07 bits per heavy atom. The zero-order valence-electron chi connectivity index (χ0n) is 14.9. The van der Waals surface area contributed by atoms with Gasteiger partial charge in [-0.1, -0.05) is 13.0 Å². The van der Waals surface area contributed by atoms with Crippen molar-refractivity contribution in [3.8, 4) is 5.88 Å². The van der Waals surface area contributed by atoms with Gasteiger partial charge in [-0.15, -0.1) is 0 Å². The van der Waals surface area contributed by atoms with Crippen molar-refractivity contribution in [1.29, 1.82) is 0 Å². The lowest BCUT2D eigenvalue weighted by atomic mass is 10.1. The molecule has 2 bridgehead atoms. The fourth-order valence-electron chi connectivity index (χ4n) is 2.99. The average Bonchev–Trinajstić information content (AvgIpc) is 3.07. The lowest BCUT2D eigenvalue weighted by Gasteiger charge is -2.20. The predicted octanol–water partition coefficient (Wildman–Crippen LogP) is 2.34. The number of fused-ring (bicyclic) bond motifs is 2. The molecule has 1 aliphatic heterocycles. The van der Waals surface area contributed by atoms with E-state index >= 15 is 0 Å². The van der Waals surface area contributed by atoms with E-state index in [-0.39, 0.29) is 41.6 Å². The molecule has 0 saturated heterocycles. The minimum Gasteiger partial charge on any atom is -0.475 e. The van der Waals surface area contributed by atoms with Gasteiger partial charge in [0.15, 0.2) is 17.3 Å². The maximum atomic E-state index is 14.5. The number of anilines is 1. The first-order chi connectivity index (χ1) is 13.1. The number of halogens is 1. The minimum absolute atomic E-state index is 0.0330. The van der Waals surface area contributed by atoms with Crippen LogP contribution in [0.5, 0.6) is 5.88 Å². The van der Waals surface area contributed by atoms with Crippen molar-refractivity contribution in [2.75, 3.05) is 11.9 Å². The van der Waals surface area contributed by atoms with E-state index in [0.29, 0.717) is 12.3 Å². The van der Waals surface area contributed by atoms with Gasteiger partial charge in [0, 0.05) is 11.8 Å². The van der Waals surface area contributed by atoms with Crippen LogP contribution in [0.2, 0.25) is 0 Å². The Morgan fingerprint density at radius 1 is 1.41 bits per heavy atom. The summed E-state index contributed by atoms with van der Waals surface area (Å²) in [5.41, 5.74) is 1.33. The molecule has 4 rings (SSSR count). The molecule has 140 valence electrons. The van der Waals surface area contributed by atoms with E-state index in [9.17, 15) is 9.18 Å². The van der Waals surface area contributed by atoms with Crippen molar-refractivity contribution < 1.29 is 13.9 Å². The molecule has 2 N–H and O–H groups in total. The van der Waals surface area contributed by atoms with Crippen molar-refractivity contribution in [3.05, 3.63) is 47.7 Å². The number of hydrogen-bond donors (Lipinski definition) is 2. The van der Waals surface area contributed by atoms with Crippen LogP contribution in [-0.4, -0.2) is 38.1 Å². The number of amides is 1. The molecule has 0 spiro atoms. The zero-order valence-corrected chi connectivity index (χ0v) is 14.9. The Balaban J connectivity index is 1.85. The lowest BCUT2D eigenvalue weighted by Crippen LogP contribution is -2.38. The first-order valence-corrected chi connectivity index (χ1v) is 8.75. The summed E-state index contributed by atoms with van der Waals surface area (Å²) >= 11 is 0. The maximum Gasteiger partial charge on any atom is 0.257 e. The third-order valence-corrected chi connectivity index (χ3v) is 4.56. The van der Waals surface area contributed by atoms with Crippen LogP contribution in [0.4, 0.5) is 10.2 Å². The summed E-state index contributed by atoms with van der Waals surface area (Å²) in [6.07, 6.45) is 4.89. The molecule has 9 heteroatoms. The molecule has 27 heavy (non-hydrogen) atoms. The SMILES string of the molecule is CCC1COc2ncccc2[C@@H](C)Nc2nc3c(cnn3cc2F)C(=O)N1. The molecular formula is C18H19FN6O2. The number of hydrogen-bond acceptors (Lipinski definition) is 6. The first kappa shape index (κ1) is 17.2. The van der Waals surface area contributed by atoms with Crippen LogP contribution in [0.15, 0.2) is 30.7 Å². The van der Waals surface area contributed by atoms with Crippen molar-refractivity contribution in [1.82, 2.24) is 24.9 Å². The smallest absolute Gasteiger partial charge is 0.257 e. The number of ether oxygens (including phenoxy) is 1. The Hall–Kier alpha value is -3.23. The van der Waals surface area contributed by atoms with E-state index in [1.807, 2.05) is 19.9 Å². The fraction of sp³-hybridized carbons (Fsp3) is 0.333. The highest BCUT2D eigenvalue weighted by Crippen LogP contribution is 2.27. The second-order valence-corrected chi connectivity index (χ2v) is 6.42. The summed E-state index contributed by atoms with van der Waals surface area (Å²) in [6, 6.07) is 3.12. The van der Waals surface area contributed by atoms with Crippen LogP contribution in [0.3, 0.4) is 0 Å². The van der Waals surface area contributed by atoms with Crippen LogP contribution < -0.4 is 15.4 Å². The molecule has 0 aromatic carbocycles. The molecule has 0 radical (unpaired) electrons. The number of nitrogens with zero attached hydrogens (tertiary/aromatic N) is 4. The number of nitrogens with one attached hydrogen (secondary N) is 2. The number of carbonyl (C=O) groups is 1. The number of aromatic nitrogens is 4. The molecular weight excluding hydrogens is 351 g/mol. The molecule has 4 heterocycles. The Morgan fingerprint density at radius 2 is 2.26 bits per heavy atom. The van der Waals surface area contributed by atoms with E-state index in [2.05, 4.69) is 25.7 Å². The minimum atomic E-state index is -0.572. The molecule has 0 aliphatic carbocycles. The molecule has 1 unspecified atom stereocenters. The molecule has 3 aromatic rings. The molecule has 1 amide bonds. The summed E-state index contributed by atoms with van der Waals surface area (Å²) in [7, 11) is 0. The van der Waals surface area contributed by atoms with Crippen molar-refractivity contribution >= 4 is 17.4 Å². The average molecular weight is 370 g/mol. The topological polar surface area (TPSA) is 93.4 Å². The maximum absolute atomic E-state index is 14.5. The molecule has 1 aliphatic rings. The van der Waals surface area contributed by atoms with Crippen molar-refractivity contribution in [3.63, 3.8) is 0 Å². The van der Waals surface area contributed by atoms with E-state index in [1.54, 1.807) is 12.3 Å². The molecule has 3 aromatic heterocycles. The molecule has 0 saturated carbocycles. The van der Waals surface area contributed by atoms with Crippen LogP contribution in [0.25, 0.3) is 5.65 Å². The van der Waals surface area contributed by atoms with Crippen LogP contribution in [0.1, 0.15) is 42.2 Å². The van der Waals surface area contributed by atoms with Crippen LogP contribution in [0, 0.1) is 5.82 Å². The quantitative estimate of drug-likeness (QED) is 0.683. The molecule has 0 fully saturated rings. The normalized spacial score (nSPS) is 19.9. The van der Waals surface area contributed by atoms with E-state index in [4.69, 9.17) is 4.74 Å². The van der Waals surface area contributed by atoms with Crippen LogP contribution >= 0.6 is 0 Å².